The van der Waals surface area contributed by atoms with Gasteiger partial charge in [0.1, 0.15) is 0 Å². The Labute approximate surface area is 132 Å². The van der Waals surface area contributed by atoms with Crippen LogP contribution in [0.1, 0.15) is 18.1 Å². The molecule has 1 aromatic rings. The first-order valence-corrected chi connectivity index (χ1v) is 7.45. The van der Waals surface area contributed by atoms with E-state index in [1.807, 2.05) is 31.2 Å². The van der Waals surface area contributed by atoms with Gasteiger partial charge in [-0.1, -0.05) is 29.8 Å². The van der Waals surface area contributed by atoms with Crippen molar-refractivity contribution in [1.82, 2.24) is 5.32 Å². The number of ether oxygens (including phenoxy) is 1. The van der Waals surface area contributed by atoms with Crippen LogP contribution in [-0.2, 0) is 14.3 Å². The van der Waals surface area contributed by atoms with Gasteiger partial charge in [-0.05, 0) is 31.2 Å². The zero-order valence-corrected chi connectivity index (χ0v) is 13.0. The van der Waals surface area contributed by atoms with E-state index in [2.05, 4.69) is 15.5 Å². The van der Waals surface area contributed by atoms with Gasteiger partial charge in [-0.15, -0.1) is 5.10 Å². The smallest absolute Gasteiger partial charge is 0.332 e. The van der Waals surface area contributed by atoms with Crippen LogP contribution in [0.5, 0.6) is 0 Å². The molecule has 0 radical (unpaired) electrons. The van der Waals surface area contributed by atoms with Crippen LogP contribution in [0.4, 0.5) is 0 Å². The van der Waals surface area contributed by atoms with Crippen LogP contribution in [0.3, 0.4) is 0 Å². The van der Waals surface area contributed by atoms with E-state index in [1.54, 1.807) is 13.1 Å². The molecule has 0 atom stereocenters. The highest BCUT2D eigenvalue weighted by Gasteiger charge is 2.25. The lowest BCUT2D eigenvalue weighted by Gasteiger charge is -1.95. The average Bonchev–Trinajstić information content (AvgIpc) is 2.81. The Morgan fingerprint density at radius 3 is 2.77 bits per heavy atom. The summed E-state index contributed by atoms with van der Waals surface area (Å²) in [5.74, 6) is -0.938. The molecule has 114 valence electrons. The third-order valence-corrected chi connectivity index (χ3v) is 3.52. The van der Waals surface area contributed by atoms with Gasteiger partial charge in [0.15, 0.2) is 5.17 Å². The molecule has 0 bridgehead atoms. The number of amidine groups is 1. The van der Waals surface area contributed by atoms with Gasteiger partial charge in [-0.3, -0.25) is 10.1 Å². The van der Waals surface area contributed by atoms with Crippen LogP contribution < -0.4 is 5.32 Å². The van der Waals surface area contributed by atoms with Crippen molar-refractivity contribution >= 4 is 35.0 Å². The van der Waals surface area contributed by atoms with E-state index in [4.69, 9.17) is 4.74 Å². The Morgan fingerprint density at radius 2 is 2.09 bits per heavy atom. The van der Waals surface area contributed by atoms with Crippen molar-refractivity contribution in [3.8, 4) is 0 Å². The maximum Gasteiger partial charge on any atom is 0.332 e. The quantitative estimate of drug-likeness (QED) is 0.398. The standard InChI is InChI=1S/C15H15N3O3S/c1-3-21-13(19)8-12-14(20)17-15(22-12)18-16-9-11-6-4-10(2)5-7-11/h4-9H,3H2,1-2H3,(H,17,18,20)/b12-8+,16-9+. The number of hydrogen-bond acceptors (Lipinski definition) is 6. The molecule has 1 heterocycles. The fourth-order valence-corrected chi connectivity index (χ4v) is 2.31. The van der Waals surface area contributed by atoms with E-state index in [-0.39, 0.29) is 17.4 Å². The molecule has 0 aliphatic carbocycles. The lowest BCUT2D eigenvalue weighted by Crippen LogP contribution is -2.19. The van der Waals surface area contributed by atoms with Gasteiger partial charge in [-0.2, -0.15) is 5.10 Å². The topological polar surface area (TPSA) is 80.1 Å². The van der Waals surface area contributed by atoms with Crippen LogP contribution in [0.25, 0.3) is 0 Å². The van der Waals surface area contributed by atoms with E-state index in [1.165, 1.54) is 0 Å². The second kappa shape index (κ2) is 7.56. The molecule has 2 rings (SSSR count). The molecule has 1 fully saturated rings. The maximum atomic E-state index is 11.7. The molecule has 0 unspecified atom stereocenters. The molecular weight excluding hydrogens is 302 g/mol. The number of amides is 1. The summed E-state index contributed by atoms with van der Waals surface area (Å²) < 4.78 is 4.76. The first kappa shape index (κ1) is 16.0. The summed E-state index contributed by atoms with van der Waals surface area (Å²) in [4.78, 5) is 23.2. The van der Waals surface area contributed by atoms with E-state index < -0.39 is 5.97 Å². The highest BCUT2D eigenvalue weighted by atomic mass is 32.2. The Hall–Kier alpha value is -2.41. The van der Waals surface area contributed by atoms with E-state index in [9.17, 15) is 9.59 Å². The monoisotopic (exact) mass is 317 g/mol. The summed E-state index contributed by atoms with van der Waals surface area (Å²) in [5.41, 5.74) is 2.07. The second-order valence-electron chi connectivity index (χ2n) is 4.38. The first-order chi connectivity index (χ1) is 10.6. The van der Waals surface area contributed by atoms with Crippen LogP contribution in [0.15, 0.2) is 45.4 Å². The lowest BCUT2D eigenvalue weighted by molar-refractivity contribution is -0.137. The first-order valence-electron chi connectivity index (χ1n) is 6.64. The van der Waals surface area contributed by atoms with Crippen molar-refractivity contribution in [2.24, 2.45) is 10.2 Å². The zero-order chi connectivity index (χ0) is 15.9. The molecule has 1 aliphatic rings. The third-order valence-electron chi connectivity index (χ3n) is 2.62. The molecule has 22 heavy (non-hydrogen) atoms. The molecule has 1 saturated heterocycles. The minimum absolute atomic E-state index is 0.239. The van der Waals surface area contributed by atoms with E-state index in [0.29, 0.717) is 5.17 Å². The number of nitrogens with one attached hydrogen (secondary N) is 1. The highest BCUT2D eigenvalue weighted by molar-refractivity contribution is 8.18. The number of hydrogen-bond donors (Lipinski definition) is 1. The molecular formula is C15H15N3O3S. The summed E-state index contributed by atoms with van der Waals surface area (Å²) in [7, 11) is 0. The number of aryl methyl sites for hydroxylation is 1. The summed E-state index contributed by atoms with van der Waals surface area (Å²) in [6.07, 6.45) is 2.74. The predicted octanol–water partition coefficient (Wildman–Crippen LogP) is 1.99. The minimum Gasteiger partial charge on any atom is -0.463 e. The number of nitrogens with zero attached hydrogens (tertiary/aromatic N) is 2. The van der Waals surface area contributed by atoms with Crippen molar-refractivity contribution in [3.05, 3.63) is 46.4 Å². The molecule has 0 spiro atoms. The normalized spacial score (nSPS) is 18.2. The van der Waals surface area contributed by atoms with Gasteiger partial charge in [0.25, 0.3) is 5.91 Å². The van der Waals surface area contributed by atoms with Crippen LogP contribution >= 0.6 is 11.8 Å². The number of carbonyl (C=O) groups excluding carboxylic acids is 2. The van der Waals surface area contributed by atoms with Crippen molar-refractivity contribution in [2.45, 2.75) is 13.8 Å². The van der Waals surface area contributed by atoms with Crippen molar-refractivity contribution < 1.29 is 14.3 Å². The summed E-state index contributed by atoms with van der Waals surface area (Å²) in [6.45, 7) is 3.96. The molecule has 7 heteroatoms. The van der Waals surface area contributed by atoms with Crippen molar-refractivity contribution in [3.63, 3.8) is 0 Å². The molecule has 1 aliphatic heterocycles. The Kier molecular flexibility index (Phi) is 5.48. The summed E-state index contributed by atoms with van der Waals surface area (Å²) in [6, 6.07) is 7.79. The third kappa shape index (κ3) is 4.56. The molecule has 6 nitrogen and oxygen atoms in total. The molecule has 1 N–H and O–H groups in total. The van der Waals surface area contributed by atoms with Crippen molar-refractivity contribution in [1.29, 1.82) is 0 Å². The fraction of sp³-hybridized carbons (Fsp3) is 0.200. The lowest BCUT2D eigenvalue weighted by atomic mass is 10.2. The van der Waals surface area contributed by atoms with Crippen LogP contribution in [0.2, 0.25) is 0 Å². The predicted molar refractivity (Wildman–Crippen MR) is 86.7 cm³/mol. The molecule has 1 aromatic carbocycles. The van der Waals surface area contributed by atoms with Crippen LogP contribution in [0, 0.1) is 6.92 Å². The fourth-order valence-electron chi connectivity index (χ4n) is 1.57. The highest BCUT2D eigenvalue weighted by Crippen LogP contribution is 2.23. The Morgan fingerprint density at radius 1 is 1.36 bits per heavy atom. The van der Waals surface area contributed by atoms with Gasteiger partial charge < -0.3 is 4.74 Å². The van der Waals surface area contributed by atoms with Crippen molar-refractivity contribution in [2.75, 3.05) is 6.61 Å². The summed E-state index contributed by atoms with van der Waals surface area (Å²) >= 11 is 1.05. The van der Waals surface area contributed by atoms with Gasteiger partial charge in [0.2, 0.25) is 0 Å². The number of benzene rings is 1. The number of thioether (sulfide) groups is 1. The van der Waals surface area contributed by atoms with E-state index >= 15 is 0 Å². The molecule has 0 saturated carbocycles. The number of esters is 1. The Balaban J connectivity index is 2.00. The average molecular weight is 317 g/mol. The van der Waals surface area contributed by atoms with Gasteiger partial charge in [-0.25, -0.2) is 4.79 Å². The SMILES string of the molecule is CCOC(=O)/C=C1/S/C(=N/N=C/c2ccc(C)cc2)NC1=O. The number of rotatable bonds is 4. The number of carbonyl (C=O) groups is 2. The zero-order valence-electron chi connectivity index (χ0n) is 12.2. The largest absolute Gasteiger partial charge is 0.463 e. The van der Waals surface area contributed by atoms with E-state index in [0.717, 1.165) is 29.0 Å². The second-order valence-corrected chi connectivity index (χ2v) is 5.41. The molecule has 0 aromatic heterocycles. The van der Waals surface area contributed by atoms with Gasteiger partial charge in [0.05, 0.1) is 17.7 Å². The van der Waals surface area contributed by atoms with Gasteiger partial charge >= 0.3 is 5.97 Å². The molecule has 1 amide bonds. The van der Waals surface area contributed by atoms with Gasteiger partial charge in [0, 0.05) is 6.08 Å². The van der Waals surface area contributed by atoms with Crippen LogP contribution in [-0.4, -0.2) is 29.9 Å². The summed E-state index contributed by atoms with van der Waals surface area (Å²) in [5, 5.41) is 10.7. The minimum atomic E-state index is -0.551. The maximum absolute atomic E-state index is 11.7. The Bertz CT molecular complexity index is 663.